The highest BCUT2D eigenvalue weighted by Crippen LogP contribution is 2.23. The van der Waals surface area contributed by atoms with E-state index in [1.807, 2.05) is 12.3 Å². The quantitative estimate of drug-likeness (QED) is 0.783. The van der Waals surface area contributed by atoms with Crippen molar-refractivity contribution >= 4 is 26.8 Å². The zero-order chi connectivity index (χ0) is 9.97. The third-order valence-electron chi connectivity index (χ3n) is 2.27. The number of H-pyrrole nitrogens is 1. The van der Waals surface area contributed by atoms with Crippen LogP contribution in [-0.2, 0) is 6.42 Å². The van der Waals surface area contributed by atoms with Crippen LogP contribution in [0, 0.1) is 12.3 Å². The lowest BCUT2D eigenvalue weighted by molar-refractivity contribution is 1.04. The van der Waals surface area contributed by atoms with Gasteiger partial charge >= 0.3 is 0 Å². The predicted molar refractivity (Wildman–Crippen MR) is 63.2 cm³/mol. The molecule has 1 N–H and O–H groups in total. The number of aryl methyl sites for hydroxylation is 1. The summed E-state index contributed by atoms with van der Waals surface area (Å²) < 4.78 is 1.10. The van der Waals surface area contributed by atoms with Crippen molar-refractivity contribution in [1.82, 2.24) is 4.98 Å². The summed E-state index contributed by atoms with van der Waals surface area (Å²) in [5, 5.41) is 1.26. The number of benzene rings is 1. The summed E-state index contributed by atoms with van der Waals surface area (Å²) >= 11 is 3.47. The lowest BCUT2D eigenvalue weighted by Crippen LogP contribution is -1.80. The number of nitrogens with one attached hydrogen (secondary N) is 1. The zero-order valence-corrected chi connectivity index (χ0v) is 9.26. The molecule has 0 saturated carbocycles. The summed E-state index contributed by atoms with van der Waals surface area (Å²) in [6, 6.07) is 6.22. The van der Waals surface area contributed by atoms with Crippen LogP contribution in [0.25, 0.3) is 10.9 Å². The summed E-state index contributed by atoms with van der Waals surface area (Å²) in [4.78, 5) is 3.23. The molecule has 2 heteroatoms. The van der Waals surface area contributed by atoms with Crippen molar-refractivity contribution in [3.63, 3.8) is 0 Å². The molecule has 70 valence electrons. The summed E-state index contributed by atoms with van der Waals surface area (Å²) in [5.41, 5.74) is 2.46. The van der Waals surface area contributed by atoms with Gasteiger partial charge in [0, 0.05) is 28.0 Å². The first-order valence-corrected chi connectivity index (χ1v) is 5.29. The number of aromatic amines is 1. The molecule has 0 fully saturated rings. The van der Waals surface area contributed by atoms with Crippen molar-refractivity contribution in [3.8, 4) is 12.3 Å². The van der Waals surface area contributed by atoms with Gasteiger partial charge in [-0.2, -0.15) is 0 Å². The molecule has 1 heterocycles. The number of aromatic nitrogens is 1. The highest BCUT2D eigenvalue weighted by molar-refractivity contribution is 9.10. The summed E-state index contributed by atoms with van der Waals surface area (Å²) in [7, 11) is 0. The second-order valence-corrected chi connectivity index (χ2v) is 4.12. The van der Waals surface area contributed by atoms with Crippen LogP contribution < -0.4 is 0 Å². The maximum absolute atomic E-state index is 5.25. The van der Waals surface area contributed by atoms with Gasteiger partial charge < -0.3 is 4.98 Å². The normalized spacial score (nSPS) is 10.3. The third kappa shape index (κ3) is 1.69. The molecule has 0 aliphatic heterocycles. The molecule has 0 spiro atoms. The van der Waals surface area contributed by atoms with Crippen molar-refractivity contribution in [1.29, 1.82) is 0 Å². The second kappa shape index (κ2) is 3.89. The summed E-state index contributed by atoms with van der Waals surface area (Å²) in [5.74, 6) is 2.66. The van der Waals surface area contributed by atoms with Crippen molar-refractivity contribution < 1.29 is 0 Å². The molecule has 2 rings (SSSR count). The Morgan fingerprint density at radius 1 is 1.43 bits per heavy atom. The minimum atomic E-state index is 0.791. The van der Waals surface area contributed by atoms with Crippen molar-refractivity contribution in [2.75, 3.05) is 0 Å². The van der Waals surface area contributed by atoms with E-state index in [1.165, 1.54) is 16.5 Å². The van der Waals surface area contributed by atoms with E-state index in [2.05, 4.69) is 39.0 Å². The summed E-state index contributed by atoms with van der Waals surface area (Å²) in [6.45, 7) is 0. The van der Waals surface area contributed by atoms with Crippen LogP contribution in [0.1, 0.15) is 12.0 Å². The Morgan fingerprint density at radius 2 is 2.29 bits per heavy atom. The minimum absolute atomic E-state index is 0.791. The molecule has 1 aromatic carbocycles. The van der Waals surface area contributed by atoms with Crippen LogP contribution in [-0.4, -0.2) is 4.98 Å². The molecular formula is C12H10BrN. The van der Waals surface area contributed by atoms with Gasteiger partial charge in [0.05, 0.1) is 0 Å². The SMILES string of the molecule is C#CCCc1c[nH]c2ccc(Br)cc12. The number of fused-ring (bicyclic) bond motifs is 1. The lowest BCUT2D eigenvalue weighted by atomic mass is 10.1. The van der Waals surface area contributed by atoms with Crippen molar-refractivity contribution in [2.24, 2.45) is 0 Å². The number of halogens is 1. The van der Waals surface area contributed by atoms with E-state index in [1.54, 1.807) is 0 Å². The Labute approximate surface area is 91.6 Å². The molecule has 1 nitrogen and oxygen atoms in total. The third-order valence-corrected chi connectivity index (χ3v) is 2.76. The first-order chi connectivity index (χ1) is 6.81. The van der Waals surface area contributed by atoms with Crippen LogP contribution >= 0.6 is 15.9 Å². The Morgan fingerprint density at radius 3 is 3.07 bits per heavy atom. The first kappa shape index (κ1) is 9.36. The van der Waals surface area contributed by atoms with E-state index >= 15 is 0 Å². The average molecular weight is 248 g/mol. The van der Waals surface area contributed by atoms with Crippen LogP contribution in [0.3, 0.4) is 0 Å². The van der Waals surface area contributed by atoms with Gasteiger partial charge in [-0.1, -0.05) is 15.9 Å². The van der Waals surface area contributed by atoms with Gasteiger partial charge in [-0.3, -0.25) is 0 Å². The van der Waals surface area contributed by atoms with E-state index in [9.17, 15) is 0 Å². The van der Waals surface area contributed by atoms with Gasteiger partial charge in [-0.05, 0) is 30.2 Å². The molecule has 0 atom stereocenters. The lowest BCUT2D eigenvalue weighted by Gasteiger charge is -1.95. The fourth-order valence-corrected chi connectivity index (χ4v) is 1.93. The predicted octanol–water partition coefficient (Wildman–Crippen LogP) is 3.50. The van der Waals surface area contributed by atoms with E-state index in [0.29, 0.717) is 0 Å². The van der Waals surface area contributed by atoms with Crippen molar-refractivity contribution in [2.45, 2.75) is 12.8 Å². The molecule has 14 heavy (non-hydrogen) atoms. The largest absolute Gasteiger partial charge is 0.361 e. The van der Waals surface area contributed by atoms with Gasteiger partial charge in [0.15, 0.2) is 0 Å². The Bertz CT molecular complexity index is 490. The highest BCUT2D eigenvalue weighted by Gasteiger charge is 2.02. The van der Waals surface area contributed by atoms with Gasteiger partial charge in [0.1, 0.15) is 0 Å². The van der Waals surface area contributed by atoms with Crippen molar-refractivity contribution in [3.05, 3.63) is 34.4 Å². The number of terminal acetylenes is 1. The Hall–Kier alpha value is -1.20. The van der Waals surface area contributed by atoms with E-state index in [0.717, 1.165) is 17.3 Å². The van der Waals surface area contributed by atoms with Gasteiger partial charge in [0.2, 0.25) is 0 Å². The molecule has 0 amide bonds. The second-order valence-electron chi connectivity index (χ2n) is 3.21. The fraction of sp³-hybridized carbons (Fsp3) is 0.167. The van der Waals surface area contributed by atoms with E-state index < -0.39 is 0 Å². The molecule has 1 aromatic heterocycles. The molecule has 2 aromatic rings. The highest BCUT2D eigenvalue weighted by atomic mass is 79.9. The van der Waals surface area contributed by atoms with E-state index in [-0.39, 0.29) is 0 Å². The van der Waals surface area contributed by atoms with Crippen LogP contribution in [0.15, 0.2) is 28.9 Å². The van der Waals surface area contributed by atoms with Crippen LogP contribution in [0.2, 0.25) is 0 Å². The van der Waals surface area contributed by atoms with Gasteiger partial charge in [0.25, 0.3) is 0 Å². The average Bonchev–Trinajstić information content (AvgIpc) is 2.57. The molecule has 0 aliphatic carbocycles. The molecule has 0 radical (unpaired) electrons. The molecule has 0 unspecified atom stereocenters. The molecule has 0 saturated heterocycles. The van der Waals surface area contributed by atoms with Gasteiger partial charge in [-0.25, -0.2) is 0 Å². The topological polar surface area (TPSA) is 15.8 Å². The number of hydrogen-bond acceptors (Lipinski definition) is 0. The minimum Gasteiger partial charge on any atom is -0.361 e. The monoisotopic (exact) mass is 247 g/mol. The fourth-order valence-electron chi connectivity index (χ4n) is 1.56. The van der Waals surface area contributed by atoms with Crippen LogP contribution in [0.4, 0.5) is 0 Å². The maximum atomic E-state index is 5.25. The van der Waals surface area contributed by atoms with E-state index in [4.69, 9.17) is 6.42 Å². The molecule has 0 bridgehead atoms. The van der Waals surface area contributed by atoms with Gasteiger partial charge in [-0.15, -0.1) is 12.3 Å². The maximum Gasteiger partial charge on any atom is 0.0457 e. The first-order valence-electron chi connectivity index (χ1n) is 4.50. The number of rotatable bonds is 2. The zero-order valence-electron chi connectivity index (χ0n) is 7.68. The molecular weight excluding hydrogens is 238 g/mol. The van der Waals surface area contributed by atoms with Crippen LogP contribution in [0.5, 0.6) is 0 Å². The standard InChI is InChI=1S/C12H10BrN/c1-2-3-4-9-8-14-12-6-5-10(13)7-11(9)12/h1,5-8,14H,3-4H2. The molecule has 0 aliphatic rings. The Kier molecular flexibility index (Phi) is 2.60. The smallest absolute Gasteiger partial charge is 0.0457 e. The number of hydrogen-bond donors (Lipinski definition) is 1. The Balaban J connectivity index is 2.46. The summed E-state index contributed by atoms with van der Waals surface area (Å²) in [6.07, 6.45) is 9.01.